The van der Waals surface area contributed by atoms with Gasteiger partial charge >= 0.3 is 0 Å². The fourth-order valence-electron chi connectivity index (χ4n) is 1.18. The Morgan fingerprint density at radius 1 is 1.29 bits per heavy atom. The fourth-order valence-corrected chi connectivity index (χ4v) is 1.45. The molecular formula is C11H18Cl2N2OS. The standard InChI is InChI=1S/C11H17ClN2OS.ClH/c12-10-3-4-11(14-9-10)15-7-2-1-5-13-6-8-16;/h3-4,9,13,16H,1-2,5-8H2;1H. The monoisotopic (exact) mass is 296 g/mol. The highest BCUT2D eigenvalue weighted by atomic mass is 35.5. The Balaban J connectivity index is 0.00000256. The molecular weight excluding hydrogens is 279 g/mol. The van der Waals surface area contributed by atoms with E-state index in [-0.39, 0.29) is 12.4 Å². The van der Waals surface area contributed by atoms with Crippen molar-refractivity contribution < 1.29 is 4.74 Å². The summed E-state index contributed by atoms with van der Waals surface area (Å²) in [5.41, 5.74) is 0. The molecule has 17 heavy (non-hydrogen) atoms. The number of rotatable bonds is 8. The highest BCUT2D eigenvalue weighted by molar-refractivity contribution is 7.80. The second kappa shape index (κ2) is 11.0. The van der Waals surface area contributed by atoms with Gasteiger partial charge in [0.25, 0.3) is 0 Å². The van der Waals surface area contributed by atoms with Gasteiger partial charge in [0.05, 0.1) is 11.6 Å². The van der Waals surface area contributed by atoms with E-state index in [1.54, 1.807) is 18.3 Å². The molecule has 0 spiro atoms. The summed E-state index contributed by atoms with van der Waals surface area (Å²) in [6, 6.07) is 3.56. The quantitative estimate of drug-likeness (QED) is 0.572. The number of aromatic nitrogens is 1. The molecule has 0 unspecified atom stereocenters. The molecule has 0 aliphatic heterocycles. The van der Waals surface area contributed by atoms with E-state index in [4.69, 9.17) is 16.3 Å². The van der Waals surface area contributed by atoms with Crippen LogP contribution in [-0.4, -0.2) is 30.4 Å². The number of thiol groups is 1. The van der Waals surface area contributed by atoms with Crippen LogP contribution in [0.4, 0.5) is 0 Å². The first-order valence-electron chi connectivity index (χ1n) is 5.39. The first-order valence-corrected chi connectivity index (χ1v) is 6.40. The van der Waals surface area contributed by atoms with E-state index in [1.165, 1.54) is 0 Å². The Kier molecular flexibility index (Phi) is 10.9. The average Bonchev–Trinajstić information content (AvgIpc) is 2.30. The molecule has 0 aliphatic carbocycles. The summed E-state index contributed by atoms with van der Waals surface area (Å²) in [7, 11) is 0. The van der Waals surface area contributed by atoms with Crippen molar-refractivity contribution in [2.75, 3.05) is 25.4 Å². The second-order valence-electron chi connectivity index (χ2n) is 3.34. The summed E-state index contributed by atoms with van der Waals surface area (Å²) in [6.07, 6.45) is 3.70. The van der Waals surface area contributed by atoms with Crippen LogP contribution in [0.3, 0.4) is 0 Å². The van der Waals surface area contributed by atoms with Crippen LogP contribution in [0, 0.1) is 0 Å². The third kappa shape index (κ3) is 8.55. The van der Waals surface area contributed by atoms with Gasteiger partial charge in [-0.05, 0) is 25.5 Å². The van der Waals surface area contributed by atoms with Crippen LogP contribution in [-0.2, 0) is 0 Å². The lowest BCUT2D eigenvalue weighted by Gasteiger charge is -2.05. The number of ether oxygens (including phenoxy) is 1. The van der Waals surface area contributed by atoms with Gasteiger partial charge in [0.1, 0.15) is 0 Å². The van der Waals surface area contributed by atoms with Gasteiger partial charge in [-0.2, -0.15) is 12.6 Å². The van der Waals surface area contributed by atoms with Gasteiger partial charge in [-0.25, -0.2) is 4.98 Å². The number of nitrogens with one attached hydrogen (secondary N) is 1. The smallest absolute Gasteiger partial charge is 0.213 e. The topological polar surface area (TPSA) is 34.1 Å². The predicted octanol–water partition coefficient (Wildman–Crippen LogP) is 2.84. The summed E-state index contributed by atoms with van der Waals surface area (Å²) < 4.78 is 5.45. The Hall–Kier alpha value is -0.160. The largest absolute Gasteiger partial charge is 0.478 e. The molecule has 0 atom stereocenters. The molecule has 0 aromatic carbocycles. The van der Waals surface area contributed by atoms with E-state index in [1.807, 2.05) is 0 Å². The van der Waals surface area contributed by atoms with Crippen molar-refractivity contribution in [3.8, 4) is 5.88 Å². The molecule has 0 bridgehead atoms. The molecule has 0 radical (unpaired) electrons. The zero-order valence-electron chi connectivity index (χ0n) is 9.56. The van der Waals surface area contributed by atoms with Gasteiger partial charge < -0.3 is 10.1 Å². The van der Waals surface area contributed by atoms with Gasteiger partial charge in [-0.15, -0.1) is 12.4 Å². The van der Waals surface area contributed by atoms with Crippen LogP contribution in [0.15, 0.2) is 18.3 Å². The maximum absolute atomic E-state index is 5.71. The fraction of sp³-hybridized carbons (Fsp3) is 0.545. The Morgan fingerprint density at radius 2 is 2.12 bits per heavy atom. The maximum Gasteiger partial charge on any atom is 0.213 e. The Labute approximate surface area is 119 Å². The zero-order valence-corrected chi connectivity index (χ0v) is 12.0. The van der Waals surface area contributed by atoms with Crippen molar-refractivity contribution in [2.24, 2.45) is 0 Å². The maximum atomic E-state index is 5.71. The molecule has 1 rings (SSSR count). The minimum absolute atomic E-state index is 0. The molecule has 1 heterocycles. The molecule has 1 aromatic rings. The van der Waals surface area contributed by atoms with Crippen molar-refractivity contribution in [2.45, 2.75) is 12.8 Å². The Morgan fingerprint density at radius 3 is 2.76 bits per heavy atom. The first kappa shape index (κ1) is 16.8. The lowest BCUT2D eigenvalue weighted by atomic mass is 10.3. The van der Waals surface area contributed by atoms with Crippen molar-refractivity contribution in [3.63, 3.8) is 0 Å². The highest BCUT2D eigenvalue weighted by Crippen LogP contribution is 2.11. The van der Waals surface area contributed by atoms with Gasteiger partial charge in [0.15, 0.2) is 0 Å². The van der Waals surface area contributed by atoms with E-state index in [9.17, 15) is 0 Å². The molecule has 6 heteroatoms. The highest BCUT2D eigenvalue weighted by Gasteiger charge is 1.95. The summed E-state index contributed by atoms with van der Waals surface area (Å²) in [4.78, 5) is 4.05. The molecule has 0 fully saturated rings. The van der Waals surface area contributed by atoms with Crippen molar-refractivity contribution in [1.82, 2.24) is 10.3 Å². The van der Waals surface area contributed by atoms with Gasteiger partial charge in [-0.3, -0.25) is 0 Å². The van der Waals surface area contributed by atoms with Crippen LogP contribution in [0.5, 0.6) is 5.88 Å². The molecule has 0 saturated heterocycles. The van der Waals surface area contributed by atoms with E-state index >= 15 is 0 Å². The third-order valence-electron chi connectivity index (χ3n) is 1.99. The van der Waals surface area contributed by atoms with Gasteiger partial charge in [0.2, 0.25) is 5.88 Å². The van der Waals surface area contributed by atoms with Crippen LogP contribution >= 0.6 is 36.6 Å². The molecule has 0 amide bonds. The zero-order chi connectivity index (χ0) is 11.6. The van der Waals surface area contributed by atoms with E-state index < -0.39 is 0 Å². The number of nitrogens with zero attached hydrogens (tertiary/aromatic N) is 1. The van der Waals surface area contributed by atoms with Crippen molar-refractivity contribution in [3.05, 3.63) is 23.4 Å². The van der Waals surface area contributed by atoms with Gasteiger partial charge in [0, 0.05) is 24.6 Å². The number of pyridine rings is 1. The van der Waals surface area contributed by atoms with E-state index in [0.717, 1.165) is 31.7 Å². The molecule has 98 valence electrons. The number of halogens is 2. The van der Waals surface area contributed by atoms with Crippen LogP contribution in [0.2, 0.25) is 5.02 Å². The molecule has 1 N–H and O–H groups in total. The second-order valence-corrected chi connectivity index (χ2v) is 4.23. The normalized spacial score (nSPS) is 9.76. The molecule has 0 saturated carbocycles. The molecule has 1 aromatic heterocycles. The lowest BCUT2D eigenvalue weighted by Crippen LogP contribution is -2.18. The minimum Gasteiger partial charge on any atom is -0.478 e. The molecule has 0 aliphatic rings. The van der Waals surface area contributed by atoms with Crippen molar-refractivity contribution >= 4 is 36.6 Å². The summed E-state index contributed by atoms with van der Waals surface area (Å²) >= 11 is 9.83. The van der Waals surface area contributed by atoms with E-state index in [0.29, 0.717) is 17.5 Å². The average molecular weight is 297 g/mol. The van der Waals surface area contributed by atoms with Gasteiger partial charge in [-0.1, -0.05) is 11.6 Å². The summed E-state index contributed by atoms with van der Waals surface area (Å²) in [6.45, 7) is 2.66. The van der Waals surface area contributed by atoms with Crippen LogP contribution in [0.1, 0.15) is 12.8 Å². The first-order chi connectivity index (χ1) is 7.83. The predicted molar refractivity (Wildman–Crippen MR) is 77.9 cm³/mol. The summed E-state index contributed by atoms with van der Waals surface area (Å²) in [5, 5.41) is 3.90. The lowest BCUT2D eigenvalue weighted by molar-refractivity contribution is 0.295. The molecule has 3 nitrogen and oxygen atoms in total. The number of hydrogen-bond acceptors (Lipinski definition) is 4. The van der Waals surface area contributed by atoms with Crippen LogP contribution in [0.25, 0.3) is 0 Å². The summed E-state index contributed by atoms with van der Waals surface area (Å²) in [5.74, 6) is 1.51. The van der Waals surface area contributed by atoms with Crippen molar-refractivity contribution in [1.29, 1.82) is 0 Å². The SMILES string of the molecule is Cl.SCCNCCCCOc1ccc(Cl)cn1. The Bertz CT molecular complexity index is 285. The number of hydrogen-bond donors (Lipinski definition) is 2. The number of unbranched alkanes of at least 4 members (excludes halogenated alkanes) is 1. The van der Waals surface area contributed by atoms with Crippen LogP contribution < -0.4 is 10.1 Å². The minimum atomic E-state index is 0. The van der Waals surface area contributed by atoms with E-state index in [2.05, 4.69) is 22.9 Å². The third-order valence-corrected chi connectivity index (χ3v) is 2.43.